The highest BCUT2D eigenvalue weighted by Gasteiger charge is 2.24. The topological polar surface area (TPSA) is 49.6 Å². The number of carbonyl (C=O) groups is 1. The van der Waals surface area contributed by atoms with Crippen LogP contribution in [0.1, 0.15) is 19.8 Å². The zero-order valence-corrected chi connectivity index (χ0v) is 10.8. The van der Waals surface area contributed by atoms with Crippen LogP contribution in [0, 0.1) is 11.8 Å². The molecule has 0 aliphatic carbocycles. The molecule has 16 heavy (non-hydrogen) atoms. The van der Waals surface area contributed by atoms with Crippen LogP contribution in [0.25, 0.3) is 0 Å². The molecule has 1 fully saturated rings. The number of carbonyl (C=O) groups excluding carboxylic acids is 1. The van der Waals surface area contributed by atoms with Crippen molar-refractivity contribution in [1.82, 2.24) is 9.80 Å². The Hall–Kier alpha value is -0.610. The lowest BCUT2D eigenvalue weighted by Gasteiger charge is -2.36. The van der Waals surface area contributed by atoms with Crippen LogP contribution in [0.4, 0.5) is 0 Å². The summed E-state index contributed by atoms with van der Waals surface area (Å²) in [6.07, 6.45) is 1.81. The zero-order chi connectivity index (χ0) is 12.1. The van der Waals surface area contributed by atoms with Gasteiger partial charge in [-0.2, -0.15) is 0 Å². The maximum absolute atomic E-state index is 11.5. The molecule has 94 valence electrons. The smallest absolute Gasteiger partial charge is 0.223 e. The first kappa shape index (κ1) is 13.5. The molecule has 0 aromatic heterocycles. The lowest BCUT2D eigenvalue weighted by Crippen LogP contribution is -2.43. The molecule has 0 saturated carbocycles. The molecule has 0 spiro atoms. The van der Waals surface area contributed by atoms with Crippen LogP contribution in [0.5, 0.6) is 0 Å². The average molecular weight is 227 g/mol. The summed E-state index contributed by atoms with van der Waals surface area (Å²) < 4.78 is 0. The SMILES string of the molecule is CC1CN(CCC(=O)N(C)C)CCC1CN. The highest BCUT2D eigenvalue weighted by atomic mass is 16.2. The average Bonchev–Trinajstić information content (AvgIpc) is 2.25. The third-order valence-corrected chi connectivity index (χ3v) is 3.61. The summed E-state index contributed by atoms with van der Waals surface area (Å²) >= 11 is 0. The second-order valence-electron chi connectivity index (χ2n) is 5.10. The molecular formula is C12H25N3O. The first-order valence-electron chi connectivity index (χ1n) is 6.17. The summed E-state index contributed by atoms with van der Waals surface area (Å²) in [5.74, 6) is 1.54. The van der Waals surface area contributed by atoms with Gasteiger partial charge in [0, 0.05) is 33.6 Å². The molecule has 4 nitrogen and oxygen atoms in total. The minimum absolute atomic E-state index is 0.216. The minimum Gasteiger partial charge on any atom is -0.349 e. The van der Waals surface area contributed by atoms with Crippen LogP contribution in [-0.4, -0.2) is 56.0 Å². The van der Waals surface area contributed by atoms with E-state index in [0.29, 0.717) is 18.3 Å². The molecule has 2 N–H and O–H groups in total. The second-order valence-corrected chi connectivity index (χ2v) is 5.10. The maximum atomic E-state index is 11.5. The van der Waals surface area contributed by atoms with Crippen molar-refractivity contribution < 1.29 is 4.79 Å². The predicted molar refractivity (Wildman–Crippen MR) is 66.1 cm³/mol. The molecule has 1 aliphatic heterocycles. The van der Waals surface area contributed by atoms with E-state index in [9.17, 15) is 4.79 Å². The Morgan fingerprint density at radius 2 is 2.19 bits per heavy atom. The molecule has 1 rings (SSSR count). The van der Waals surface area contributed by atoms with Crippen molar-refractivity contribution >= 4 is 5.91 Å². The Morgan fingerprint density at radius 1 is 1.50 bits per heavy atom. The van der Waals surface area contributed by atoms with E-state index in [2.05, 4.69) is 11.8 Å². The lowest BCUT2D eigenvalue weighted by atomic mass is 9.87. The first-order valence-corrected chi connectivity index (χ1v) is 6.17. The van der Waals surface area contributed by atoms with Crippen molar-refractivity contribution in [3.63, 3.8) is 0 Å². The molecule has 4 heteroatoms. The maximum Gasteiger partial charge on any atom is 0.223 e. The first-order chi connectivity index (χ1) is 7.54. The summed E-state index contributed by atoms with van der Waals surface area (Å²) in [4.78, 5) is 15.5. The van der Waals surface area contributed by atoms with E-state index < -0.39 is 0 Å². The molecule has 0 aromatic carbocycles. The Morgan fingerprint density at radius 3 is 2.69 bits per heavy atom. The van der Waals surface area contributed by atoms with Crippen molar-refractivity contribution in [2.75, 3.05) is 40.3 Å². The number of amides is 1. The summed E-state index contributed by atoms with van der Waals surface area (Å²) in [6, 6.07) is 0. The number of hydrogen-bond acceptors (Lipinski definition) is 3. The van der Waals surface area contributed by atoms with Crippen LogP contribution in [-0.2, 0) is 4.79 Å². The van der Waals surface area contributed by atoms with E-state index in [4.69, 9.17) is 5.73 Å². The summed E-state index contributed by atoms with van der Waals surface area (Å²) in [6.45, 7) is 6.12. The quantitative estimate of drug-likeness (QED) is 0.755. The fourth-order valence-corrected chi connectivity index (χ4v) is 2.31. The molecule has 0 aromatic rings. The summed E-state index contributed by atoms with van der Waals surface area (Å²) in [5, 5.41) is 0. The zero-order valence-electron chi connectivity index (χ0n) is 10.8. The molecular weight excluding hydrogens is 202 g/mol. The minimum atomic E-state index is 0.216. The fourth-order valence-electron chi connectivity index (χ4n) is 2.31. The van der Waals surface area contributed by atoms with Crippen LogP contribution < -0.4 is 5.73 Å². The van der Waals surface area contributed by atoms with Crippen molar-refractivity contribution in [3.8, 4) is 0 Å². The van der Waals surface area contributed by atoms with Gasteiger partial charge in [-0.15, -0.1) is 0 Å². The molecule has 0 radical (unpaired) electrons. The Kier molecular flexibility index (Phi) is 5.22. The third kappa shape index (κ3) is 3.76. The lowest BCUT2D eigenvalue weighted by molar-refractivity contribution is -0.129. The highest BCUT2D eigenvalue weighted by molar-refractivity contribution is 5.75. The van der Waals surface area contributed by atoms with E-state index in [1.807, 2.05) is 14.1 Å². The number of likely N-dealkylation sites (tertiary alicyclic amines) is 1. The van der Waals surface area contributed by atoms with Crippen LogP contribution >= 0.6 is 0 Å². The summed E-state index contributed by atoms with van der Waals surface area (Å²) in [5.41, 5.74) is 5.72. The highest BCUT2D eigenvalue weighted by Crippen LogP contribution is 2.22. The van der Waals surface area contributed by atoms with Crippen LogP contribution in [0.3, 0.4) is 0 Å². The molecule has 1 heterocycles. The normalized spacial score (nSPS) is 26.8. The van der Waals surface area contributed by atoms with E-state index in [-0.39, 0.29) is 5.91 Å². The van der Waals surface area contributed by atoms with Crippen molar-refractivity contribution in [2.45, 2.75) is 19.8 Å². The van der Waals surface area contributed by atoms with Crippen molar-refractivity contribution in [1.29, 1.82) is 0 Å². The van der Waals surface area contributed by atoms with Crippen LogP contribution in [0.2, 0.25) is 0 Å². The second kappa shape index (κ2) is 6.21. The monoisotopic (exact) mass is 227 g/mol. The van der Waals surface area contributed by atoms with Gasteiger partial charge in [0.1, 0.15) is 0 Å². The molecule has 1 saturated heterocycles. The van der Waals surface area contributed by atoms with Gasteiger partial charge in [-0.3, -0.25) is 4.79 Å². The number of rotatable bonds is 4. The van der Waals surface area contributed by atoms with Gasteiger partial charge < -0.3 is 15.5 Å². The van der Waals surface area contributed by atoms with E-state index in [1.54, 1.807) is 4.90 Å². The van der Waals surface area contributed by atoms with E-state index >= 15 is 0 Å². The van der Waals surface area contributed by atoms with Gasteiger partial charge in [0.2, 0.25) is 5.91 Å². The Bertz CT molecular complexity index is 230. The van der Waals surface area contributed by atoms with E-state index in [0.717, 1.165) is 26.2 Å². The Labute approximate surface area is 98.8 Å². The largest absolute Gasteiger partial charge is 0.349 e. The van der Waals surface area contributed by atoms with Crippen LogP contribution in [0.15, 0.2) is 0 Å². The van der Waals surface area contributed by atoms with Gasteiger partial charge in [-0.05, 0) is 31.3 Å². The van der Waals surface area contributed by atoms with Crippen molar-refractivity contribution in [3.05, 3.63) is 0 Å². The number of piperidine rings is 1. The summed E-state index contributed by atoms with van der Waals surface area (Å²) in [7, 11) is 3.62. The standard InChI is InChI=1S/C12H25N3O/c1-10-9-15(6-4-11(10)8-13)7-5-12(16)14(2)3/h10-11H,4-9,13H2,1-3H3. The van der Waals surface area contributed by atoms with Gasteiger partial charge in [0.15, 0.2) is 0 Å². The molecule has 2 atom stereocenters. The van der Waals surface area contributed by atoms with Gasteiger partial charge in [-0.25, -0.2) is 0 Å². The van der Waals surface area contributed by atoms with Gasteiger partial charge >= 0.3 is 0 Å². The number of hydrogen-bond donors (Lipinski definition) is 1. The van der Waals surface area contributed by atoms with Crippen molar-refractivity contribution in [2.24, 2.45) is 17.6 Å². The molecule has 2 unspecified atom stereocenters. The van der Waals surface area contributed by atoms with Gasteiger partial charge in [0.05, 0.1) is 0 Å². The van der Waals surface area contributed by atoms with Gasteiger partial charge in [0.25, 0.3) is 0 Å². The molecule has 0 bridgehead atoms. The molecule has 1 aliphatic rings. The Balaban J connectivity index is 2.28. The molecule has 1 amide bonds. The fraction of sp³-hybridized carbons (Fsp3) is 0.917. The number of nitrogens with zero attached hydrogens (tertiary/aromatic N) is 2. The van der Waals surface area contributed by atoms with Gasteiger partial charge in [-0.1, -0.05) is 6.92 Å². The third-order valence-electron chi connectivity index (χ3n) is 3.61. The number of nitrogens with two attached hydrogens (primary N) is 1. The van der Waals surface area contributed by atoms with E-state index in [1.165, 1.54) is 6.42 Å². The predicted octanol–water partition coefficient (Wildman–Crippen LogP) is 0.381.